The van der Waals surface area contributed by atoms with Crippen LogP contribution in [0.5, 0.6) is 0 Å². The molecule has 0 saturated heterocycles. The molecule has 2 N–H and O–H groups in total. The lowest BCUT2D eigenvalue weighted by Crippen LogP contribution is -2.46. The Morgan fingerprint density at radius 3 is 2.72 bits per heavy atom. The van der Waals surface area contributed by atoms with Crippen molar-refractivity contribution >= 4 is 11.9 Å². The van der Waals surface area contributed by atoms with Gasteiger partial charge in [-0.1, -0.05) is 32.1 Å². The highest BCUT2D eigenvalue weighted by molar-refractivity contribution is 6.06. The lowest BCUT2D eigenvalue weighted by molar-refractivity contribution is -0.132. The van der Waals surface area contributed by atoms with Gasteiger partial charge in [-0.3, -0.25) is 9.69 Å². The molecule has 1 saturated carbocycles. The molecule has 1 heterocycles. The van der Waals surface area contributed by atoms with Crippen molar-refractivity contribution in [2.75, 3.05) is 13.7 Å². The summed E-state index contributed by atoms with van der Waals surface area (Å²) >= 11 is 0. The quantitative estimate of drug-likeness (QED) is 0.826. The summed E-state index contributed by atoms with van der Waals surface area (Å²) in [6.07, 6.45) is 6.82. The molecule has 1 aliphatic heterocycles. The average molecular weight is 353 g/mol. The predicted molar refractivity (Wildman–Crippen MR) is 91.1 cm³/mol. The number of amides is 1. The molecule has 0 aromatic carbocycles. The van der Waals surface area contributed by atoms with E-state index in [1.54, 1.807) is 7.05 Å². The SMILES string of the molecule is CN1C(=O)C(COC2=CC(F)=CC(F)C2)(CC2CCCCC2)N=C1N. The Kier molecular flexibility index (Phi) is 5.11. The fourth-order valence-electron chi connectivity index (χ4n) is 3.91. The zero-order valence-corrected chi connectivity index (χ0v) is 14.5. The van der Waals surface area contributed by atoms with Crippen molar-refractivity contribution in [2.24, 2.45) is 16.6 Å². The van der Waals surface area contributed by atoms with Gasteiger partial charge in [0.05, 0.1) is 0 Å². The number of halogens is 2. The summed E-state index contributed by atoms with van der Waals surface area (Å²) in [5.41, 5.74) is 4.77. The summed E-state index contributed by atoms with van der Waals surface area (Å²) in [5, 5.41) is 0. The molecule has 3 aliphatic rings. The minimum absolute atomic E-state index is 0.0316. The topological polar surface area (TPSA) is 67.9 Å². The molecule has 1 amide bonds. The first-order valence-electron chi connectivity index (χ1n) is 8.88. The van der Waals surface area contributed by atoms with Gasteiger partial charge >= 0.3 is 0 Å². The summed E-state index contributed by atoms with van der Waals surface area (Å²) in [7, 11) is 1.59. The second-order valence-corrected chi connectivity index (χ2v) is 7.24. The minimum atomic E-state index is -1.41. The maximum atomic E-state index is 13.5. The normalized spacial score (nSPS) is 30.8. The highest BCUT2D eigenvalue weighted by Crippen LogP contribution is 2.36. The zero-order valence-electron chi connectivity index (χ0n) is 14.5. The van der Waals surface area contributed by atoms with E-state index in [2.05, 4.69) is 4.99 Å². The van der Waals surface area contributed by atoms with Gasteiger partial charge in [0.15, 0.2) is 11.5 Å². The van der Waals surface area contributed by atoms with Crippen molar-refractivity contribution < 1.29 is 18.3 Å². The Labute approximate surface area is 146 Å². The van der Waals surface area contributed by atoms with E-state index in [1.165, 1.54) is 17.4 Å². The van der Waals surface area contributed by atoms with Crippen molar-refractivity contribution in [3.05, 3.63) is 23.7 Å². The molecule has 0 aromatic rings. The lowest BCUT2D eigenvalue weighted by atomic mass is 9.79. The third kappa shape index (κ3) is 3.85. The Morgan fingerprint density at radius 1 is 1.40 bits per heavy atom. The molecule has 2 unspecified atom stereocenters. The number of ether oxygens (including phenoxy) is 1. The van der Waals surface area contributed by atoms with Crippen LogP contribution < -0.4 is 5.73 Å². The minimum Gasteiger partial charge on any atom is -0.495 e. The van der Waals surface area contributed by atoms with Crippen LogP contribution >= 0.6 is 0 Å². The van der Waals surface area contributed by atoms with Crippen LogP contribution in [0.25, 0.3) is 0 Å². The Bertz CT molecular complexity index is 626. The van der Waals surface area contributed by atoms with Crippen LogP contribution in [0.1, 0.15) is 44.9 Å². The van der Waals surface area contributed by atoms with Crippen LogP contribution in [0, 0.1) is 5.92 Å². The Morgan fingerprint density at radius 2 is 2.12 bits per heavy atom. The Hall–Kier alpha value is -1.92. The number of guanidine groups is 1. The molecule has 1 fully saturated rings. The highest BCUT2D eigenvalue weighted by atomic mass is 19.1. The predicted octanol–water partition coefficient (Wildman–Crippen LogP) is 2.98. The molecule has 5 nitrogen and oxygen atoms in total. The second kappa shape index (κ2) is 7.14. The second-order valence-electron chi connectivity index (χ2n) is 7.24. The number of hydrogen-bond donors (Lipinski definition) is 1. The lowest BCUT2D eigenvalue weighted by Gasteiger charge is -2.31. The van der Waals surface area contributed by atoms with E-state index in [-0.39, 0.29) is 30.7 Å². The van der Waals surface area contributed by atoms with Crippen molar-refractivity contribution in [1.29, 1.82) is 0 Å². The summed E-state index contributed by atoms with van der Waals surface area (Å²) in [6.45, 7) is -0.0425. The number of likely N-dealkylation sites (N-methyl/N-ethyl adjacent to an activating group) is 1. The number of nitrogens with zero attached hydrogens (tertiary/aromatic N) is 2. The van der Waals surface area contributed by atoms with Crippen molar-refractivity contribution in [1.82, 2.24) is 4.90 Å². The number of hydrogen-bond acceptors (Lipinski definition) is 4. The third-order valence-corrected chi connectivity index (χ3v) is 5.26. The Balaban J connectivity index is 1.75. The molecular formula is C18H25F2N3O2. The van der Waals surface area contributed by atoms with Crippen LogP contribution in [0.3, 0.4) is 0 Å². The van der Waals surface area contributed by atoms with Crippen molar-refractivity contribution in [3.63, 3.8) is 0 Å². The van der Waals surface area contributed by atoms with Crippen molar-refractivity contribution in [2.45, 2.75) is 56.7 Å². The van der Waals surface area contributed by atoms with Crippen LogP contribution in [0.15, 0.2) is 28.7 Å². The standard InChI is InChI=1S/C18H25F2N3O2/c1-23-16(24)18(22-17(23)21,10-12-5-3-2-4-6-12)11-25-15-8-13(19)7-14(20)9-15/h7-8,12,14H,2-6,9-11H2,1H3,(H2,21,22). The van der Waals surface area contributed by atoms with Crippen LogP contribution in [0.2, 0.25) is 0 Å². The molecule has 25 heavy (non-hydrogen) atoms. The largest absolute Gasteiger partial charge is 0.495 e. The van der Waals surface area contributed by atoms with Gasteiger partial charge in [-0.05, 0) is 18.4 Å². The van der Waals surface area contributed by atoms with Gasteiger partial charge in [0.25, 0.3) is 5.91 Å². The van der Waals surface area contributed by atoms with E-state index < -0.39 is 17.5 Å². The van der Waals surface area contributed by atoms with E-state index in [9.17, 15) is 13.6 Å². The number of carbonyl (C=O) groups is 1. The summed E-state index contributed by atoms with van der Waals surface area (Å²) in [4.78, 5) is 18.5. The number of rotatable bonds is 5. The summed E-state index contributed by atoms with van der Waals surface area (Å²) < 4.78 is 32.5. The zero-order chi connectivity index (χ0) is 18.0. The maximum Gasteiger partial charge on any atom is 0.260 e. The molecule has 3 rings (SSSR count). The van der Waals surface area contributed by atoms with Gasteiger partial charge in [0.1, 0.15) is 24.4 Å². The fraction of sp³-hybridized carbons (Fsp3) is 0.667. The van der Waals surface area contributed by atoms with Gasteiger partial charge in [0.2, 0.25) is 0 Å². The number of aliphatic imine (C=N–C) groups is 1. The first-order valence-corrected chi connectivity index (χ1v) is 8.88. The molecule has 0 spiro atoms. The number of alkyl halides is 1. The van der Waals surface area contributed by atoms with Gasteiger partial charge in [-0.2, -0.15) is 0 Å². The number of allylic oxidation sites excluding steroid dienone is 4. The summed E-state index contributed by atoms with van der Waals surface area (Å²) in [5.74, 6) is -0.119. The molecule has 7 heteroatoms. The van der Waals surface area contributed by atoms with Gasteiger partial charge in [-0.15, -0.1) is 0 Å². The third-order valence-electron chi connectivity index (χ3n) is 5.26. The molecule has 138 valence electrons. The molecular weight excluding hydrogens is 328 g/mol. The molecule has 2 aliphatic carbocycles. The van der Waals surface area contributed by atoms with Crippen LogP contribution in [-0.4, -0.2) is 42.1 Å². The van der Waals surface area contributed by atoms with E-state index in [0.29, 0.717) is 12.3 Å². The highest BCUT2D eigenvalue weighted by Gasteiger charge is 2.48. The van der Waals surface area contributed by atoms with E-state index in [4.69, 9.17) is 10.5 Å². The van der Waals surface area contributed by atoms with Gasteiger partial charge in [0, 0.05) is 19.5 Å². The van der Waals surface area contributed by atoms with Crippen molar-refractivity contribution in [3.8, 4) is 0 Å². The van der Waals surface area contributed by atoms with E-state index in [1.807, 2.05) is 0 Å². The van der Waals surface area contributed by atoms with Crippen LogP contribution in [0.4, 0.5) is 8.78 Å². The van der Waals surface area contributed by atoms with Gasteiger partial charge < -0.3 is 10.5 Å². The average Bonchev–Trinajstić information content (AvgIpc) is 2.78. The number of carbonyl (C=O) groups excluding carboxylic acids is 1. The maximum absolute atomic E-state index is 13.5. The van der Waals surface area contributed by atoms with Crippen LogP contribution in [-0.2, 0) is 9.53 Å². The first-order chi connectivity index (χ1) is 11.9. The molecule has 0 aromatic heterocycles. The monoisotopic (exact) mass is 353 g/mol. The summed E-state index contributed by atoms with van der Waals surface area (Å²) in [6, 6.07) is 0. The smallest absolute Gasteiger partial charge is 0.260 e. The number of nitrogens with two attached hydrogens (primary N) is 1. The van der Waals surface area contributed by atoms with E-state index >= 15 is 0 Å². The first kappa shape index (κ1) is 17.9. The fourth-order valence-corrected chi connectivity index (χ4v) is 3.91. The van der Waals surface area contributed by atoms with Gasteiger partial charge in [-0.25, -0.2) is 13.8 Å². The van der Waals surface area contributed by atoms with E-state index in [0.717, 1.165) is 31.8 Å². The molecule has 2 atom stereocenters. The molecule has 0 bridgehead atoms. The molecule has 0 radical (unpaired) electrons.